The van der Waals surface area contributed by atoms with Crippen molar-refractivity contribution in [3.05, 3.63) is 34.2 Å². The lowest BCUT2D eigenvalue weighted by Gasteiger charge is -2.36. The smallest absolute Gasteiger partial charge is 0.385 e. The first-order valence-electron chi connectivity index (χ1n) is 7.89. The summed E-state index contributed by atoms with van der Waals surface area (Å²) >= 11 is 0. The number of methoxy groups -OCH3 is 1. The zero-order valence-corrected chi connectivity index (χ0v) is 13.5. The molecule has 0 bridgehead atoms. The molecule has 1 atom stereocenters. The molecule has 0 radical (unpaired) electrons. The van der Waals surface area contributed by atoms with Crippen molar-refractivity contribution in [3.8, 4) is 0 Å². The second-order valence-corrected chi connectivity index (χ2v) is 5.87. The molecule has 1 amide bonds. The molecule has 0 aliphatic carbocycles. The third kappa shape index (κ3) is 4.37. The van der Waals surface area contributed by atoms with Crippen LogP contribution in [0.2, 0.25) is 0 Å². The molecule has 1 aromatic rings. The molecule has 2 rings (SSSR count). The van der Waals surface area contributed by atoms with E-state index in [1.54, 1.807) is 12.0 Å². The summed E-state index contributed by atoms with van der Waals surface area (Å²) in [4.78, 5) is 26.1. The van der Waals surface area contributed by atoms with Crippen LogP contribution in [0.25, 0.3) is 0 Å². The van der Waals surface area contributed by atoms with Crippen LogP contribution in [0.15, 0.2) is 23.1 Å². The van der Waals surface area contributed by atoms with Gasteiger partial charge in [0.25, 0.3) is 5.56 Å². The molecule has 1 aliphatic heterocycles. The largest absolute Gasteiger partial charge is 0.421 e. The molecule has 0 aromatic carbocycles. The number of hydrogen-bond donors (Lipinski definition) is 0. The first-order valence-corrected chi connectivity index (χ1v) is 7.89. The average molecular weight is 346 g/mol. The van der Waals surface area contributed by atoms with Gasteiger partial charge in [0.1, 0.15) is 12.1 Å². The van der Waals surface area contributed by atoms with Crippen LogP contribution in [-0.2, 0) is 22.3 Å². The topological polar surface area (TPSA) is 51.5 Å². The van der Waals surface area contributed by atoms with Crippen LogP contribution >= 0.6 is 0 Å². The van der Waals surface area contributed by atoms with Gasteiger partial charge in [-0.1, -0.05) is 0 Å². The molecule has 0 spiro atoms. The predicted molar refractivity (Wildman–Crippen MR) is 81.5 cm³/mol. The summed E-state index contributed by atoms with van der Waals surface area (Å²) in [5.74, 6) is -0.336. The van der Waals surface area contributed by atoms with E-state index >= 15 is 0 Å². The third-order valence-corrected chi connectivity index (χ3v) is 4.23. The number of carbonyl (C=O) groups is 1. The zero-order valence-electron chi connectivity index (χ0n) is 13.5. The number of alkyl halides is 3. The number of piperidine rings is 1. The summed E-state index contributed by atoms with van der Waals surface area (Å²) in [6.45, 7) is 0.686. The monoisotopic (exact) mass is 346 g/mol. The molecule has 1 aromatic heterocycles. The van der Waals surface area contributed by atoms with Crippen molar-refractivity contribution < 1.29 is 22.7 Å². The highest BCUT2D eigenvalue weighted by Crippen LogP contribution is 2.26. The van der Waals surface area contributed by atoms with Gasteiger partial charge < -0.3 is 14.2 Å². The molecule has 134 valence electrons. The van der Waals surface area contributed by atoms with Crippen molar-refractivity contribution in [3.63, 3.8) is 0 Å². The molecule has 1 saturated heterocycles. The first kappa shape index (κ1) is 18.5. The molecule has 2 heterocycles. The number of rotatable bonds is 5. The Morgan fingerprint density at radius 3 is 2.79 bits per heavy atom. The van der Waals surface area contributed by atoms with Gasteiger partial charge in [-0.3, -0.25) is 9.59 Å². The maximum absolute atomic E-state index is 12.8. The Morgan fingerprint density at radius 2 is 2.12 bits per heavy atom. The number of ether oxygens (including phenoxy) is 1. The molecular formula is C16H21F3N2O3. The number of carbonyl (C=O) groups excluding carboxylic acids is 1. The van der Waals surface area contributed by atoms with Crippen molar-refractivity contribution in [2.75, 3.05) is 20.3 Å². The second kappa shape index (κ2) is 7.83. The molecular weight excluding hydrogens is 325 g/mol. The highest BCUT2D eigenvalue weighted by molar-refractivity contribution is 5.76. The fraction of sp³-hybridized carbons (Fsp3) is 0.625. The van der Waals surface area contributed by atoms with Crippen LogP contribution in [0.1, 0.15) is 31.2 Å². The summed E-state index contributed by atoms with van der Waals surface area (Å²) in [7, 11) is 1.58. The lowest BCUT2D eigenvalue weighted by atomic mass is 9.99. The summed E-state index contributed by atoms with van der Waals surface area (Å²) in [6, 6.07) is 1.87. The maximum Gasteiger partial charge on any atom is 0.421 e. The average Bonchev–Trinajstić information content (AvgIpc) is 2.54. The van der Waals surface area contributed by atoms with E-state index in [1.165, 1.54) is 6.20 Å². The Kier molecular flexibility index (Phi) is 6.04. The predicted octanol–water partition coefficient (Wildman–Crippen LogP) is 2.28. The van der Waals surface area contributed by atoms with E-state index < -0.39 is 17.3 Å². The molecule has 24 heavy (non-hydrogen) atoms. The van der Waals surface area contributed by atoms with Crippen molar-refractivity contribution >= 4 is 5.91 Å². The van der Waals surface area contributed by atoms with Crippen molar-refractivity contribution in [2.24, 2.45) is 0 Å². The van der Waals surface area contributed by atoms with Gasteiger partial charge >= 0.3 is 6.18 Å². The van der Waals surface area contributed by atoms with E-state index in [2.05, 4.69) is 0 Å². The fourth-order valence-electron chi connectivity index (χ4n) is 3.00. The van der Waals surface area contributed by atoms with Crippen molar-refractivity contribution in [1.29, 1.82) is 0 Å². The van der Waals surface area contributed by atoms with Gasteiger partial charge in [0.2, 0.25) is 5.91 Å². The summed E-state index contributed by atoms with van der Waals surface area (Å²) in [5.41, 5.74) is -2.45. The van der Waals surface area contributed by atoms with Gasteiger partial charge in [-0.15, -0.1) is 0 Å². The maximum atomic E-state index is 12.8. The quantitative estimate of drug-likeness (QED) is 0.822. The Bertz CT molecular complexity index is 628. The van der Waals surface area contributed by atoms with Gasteiger partial charge in [-0.05, 0) is 37.8 Å². The lowest BCUT2D eigenvalue weighted by Crippen LogP contribution is -2.46. The summed E-state index contributed by atoms with van der Waals surface area (Å²) in [5, 5.41) is 0. The minimum Gasteiger partial charge on any atom is -0.385 e. The SMILES string of the molecule is COCC[C@H]1CCCCN1C(=O)Cn1cccc(C(F)(F)F)c1=O. The van der Waals surface area contributed by atoms with E-state index in [0.29, 0.717) is 19.6 Å². The van der Waals surface area contributed by atoms with Crippen molar-refractivity contribution in [2.45, 2.75) is 44.4 Å². The normalized spacial score (nSPS) is 18.7. The van der Waals surface area contributed by atoms with E-state index in [1.807, 2.05) is 0 Å². The van der Waals surface area contributed by atoms with Gasteiger partial charge in [-0.2, -0.15) is 13.2 Å². The number of amides is 1. The minimum absolute atomic E-state index is 0.00713. The second-order valence-electron chi connectivity index (χ2n) is 5.87. The molecule has 0 saturated carbocycles. The lowest BCUT2D eigenvalue weighted by molar-refractivity contribution is -0.140. The van der Waals surface area contributed by atoms with Gasteiger partial charge in [-0.25, -0.2) is 0 Å². The third-order valence-electron chi connectivity index (χ3n) is 4.23. The van der Waals surface area contributed by atoms with Gasteiger partial charge in [0.15, 0.2) is 0 Å². The summed E-state index contributed by atoms with van der Waals surface area (Å²) < 4.78 is 44.3. The highest BCUT2D eigenvalue weighted by Gasteiger charge is 2.34. The molecule has 8 heteroatoms. The Labute approximate surface area is 138 Å². The van der Waals surface area contributed by atoms with E-state index in [-0.39, 0.29) is 18.5 Å². The Hall–Kier alpha value is -1.83. The number of hydrogen-bond acceptors (Lipinski definition) is 3. The molecule has 1 fully saturated rings. The van der Waals surface area contributed by atoms with Crippen LogP contribution in [0.5, 0.6) is 0 Å². The number of aromatic nitrogens is 1. The number of nitrogens with zero attached hydrogens (tertiary/aromatic N) is 2. The Balaban J connectivity index is 2.15. The number of halogens is 3. The van der Waals surface area contributed by atoms with Crippen LogP contribution in [-0.4, -0.2) is 41.7 Å². The molecule has 1 aliphatic rings. The molecule has 0 N–H and O–H groups in total. The minimum atomic E-state index is -4.73. The number of likely N-dealkylation sites (tertiary alicyclic amines) is 1. The van der Waals surface area contributed by atoms with Crippen LogP contribution in [0.4, 0.5) is 13.2 Å². The summed E-state index contributed by atoms with van der Waals surface area (Å²) in [6.07, 6.45) is -0.139. The first-order chi connectivity index (χ1) is 11.3. The van der Waals surface area contributed by atoms with Crippen LogP contribution in [0, 0.1) is 0 Å². The van der Waals surface area contributed by atoms with Crippen LogP contribution in [0.3, 0.4) is 0 Å². The van der Waals surface area contributed by atoms with Gasteiger partial charge in [0, 0.05) is 32.5 Å². The van der Waals surface area contributed by atoms with E-state index in [0.717, 1.165) is 36.0 Å². The van der Waals surface area contributed by atoms with E-state index in [9.17, 15) is 22.8 Å². The van der Waals surface area contributed by atoms with Gasteiger partial charge in [0.05, 0.1) is 0 Å². The number of pyridine rings is 1. The van der Waals surface area contributed by atoms with Crippen LogP contribution < -0.4 is 5.56 Å². The zero-order chi connectivity index (χ0) is 17.7. The standard InChI is InChI=1S/C16H21F3N2O3/c1-24-10-7-12-5-2-3-9-21(12)14(22)11-20-8-4-6-13(15(20)23)16(17,18)19/h4,6,8,12H,2-3,5,7,9-11H2,1H3/t12-/m1/s1. The molecule has 5 nitrogen and oxygen atoms in total. The van der Waals surface area contributed by atoms with Crippen molar-refractivity contribution in [1.82, 2.24) is 9.47 Å². The molecule has 0 unspecified atom stereocenters. The van der Waals surface area contributed by atoms with E-state index in [4.69, 9.17) is 4.74 Å². The fourth-order valence-corrected chi connectivity index (χ4v) is 3.00. The Morgan fingerprint density at radius 1 is 1.38 bits per heavy atom. The highest BCUT2D eigenvalue weighted by atomic mass is 19.4.